The first kappa shape index (κ1) is 12.4. The highest BCUT2D eigenvalue weighted by atomic mass is 16.5. The van der Waals surface area contributed by atoms with E-state index in [-0.39, 0.29) is 25.0 Å². The molecule has 0 saturated carbocycles. The van der Waals surface area contributed by atoms with Crippen LogP contribution in [0.2, 0.25) is 0 Å². The standard InChI is InChI=1S/C10H20N2O3/c1-15-7-9(13)6-12-10(14)8-3-2-4-11-5-8/h8-9,11,13H,2-7H2,1H3,(H,12,14)/t8-,9?/m0/s1. The van der Waals surface area contributed by atoms with Gasteiger partial charge in [-0.15, -0.1) is 0 Å². The van der Waals surface area contributed by atoms with Crippen LogP contribution in [0.4, 0.5) is 0 Å². The number of hydrogen-bond acceptors (Lipinski definition) is 4. The van der Waals surface area contributed by atoms with Gasteiger partial charge in [0.25, 0.3) is 0 Å². The van der Waals surface area contributed by atoms with E-state index in [2.05, 4.69) is 10.6 Å². The fourth-order valence-corrected chi connectivity index (χ4v) is 1.69. The Hall–Kier alpha value is -0.650. The lowest BCUT2D eigenvalue weighted by Crippen LogP contribution is -2.43. The monoisotopic (exact) mass is 216 g/mol. The first-order valence-electron chi connectivity index (χ1n) is 5.39. The smallest absolute Gasteiger partial charge is 0.224 e. The Labute approximate surface area is 90.2 Å². The van der Waals surface area contributed by atoms with Crippen LogP contribution >= 0.6 is 0 Å². The Morgan fingerprint density at radius 3 is 3.13 bits per heavy atom. The third kappa shape index (κ3) is 4.59. The number of piperidine rings is 1. The van der Waals surface area contributed by atoms with E-state index >= 15 is 0 Å². The summed E-state index contributed by atoms with van der Waals surface area (Å²) < 4.78 is 4.77. The van der Waals surface area contributed by atoms with E-state index in [0.29, 0.717) is 0 Å². The van der Waals surface area contributed by atoms with Crippen molar-refractivity contribution in [3.63, 3.8) is 0 Å². The molecule has 1 fully saturated rings. The van der Waals surface area contributed by atoms with Crippen molar-refractivity contribution in [1.82, 2.24) is 10.6 Å². The molecule has 0 spiro atoms. The molecule has 5 nitrogen and oxygen atoms in total. The van der Waals surface area contributed by atoms with Gasteiger partial charge in [-0.25, -0.2) is 0 Å². The lowest BCUT2D eigenvalue weighted by atomic mass is 9.99. The number of nitrogens with one attached hydrogen (secondary N) is 2. The van der Waals surface area contributed by atoms with E-state index in [1.807, 2.05) is 0 Å². The SMILES string of the molecule is COCC(O)CNC(=O)[C@H]1CCCNC1. The number of ether oxygens (including phenoxy) is 1. The Morgan fingerprint density at radius 1 is 1.73 bits per heavy atom. The van der Waals surface area contributed by atoms with Crippen LogP contribution in [0, 0.1) is 5.92 Å². The summed E-state index contributed by atoms with van der Waals surface area (Å²) in [6.45, 7) is 2.26. The molecule has 1 saturated heterocycles. The van der Waals surface area contributed by atoms with Gasteiger partial charge in [0.1, 0.15) is 0 Å². The van der Waals surface area contributed by atoms with Crippen molar-refractivity contribution in [2.45, 2.75) is 18.9 Å². The molecule has 1 rings (SSSR count). The van der Waals surface area contributed by atoms with Gasteiger partial charge < -0.3 is 20.5 Å². The lowest BCUT2D eigenvalue weighted by Gasteiger charge is -2.22. The fourth-order valence-electron chi connectivity index (χ4n) is 1.69. The highest BCUT2D eigenvalue weighted by molar-refractivity contribution is 5.78. The number of carbonyl (C=O) groups excluding carboxylic acids is 1. The van der Waals surface area contributed by atoms with Crippen LogP contribution < -0.4 is 10.6 Å². The van der Waals surface area contributed by atoms with Gasteiger partial charge in [-0.2, -0.15) is 0 Å². The first-order valence-corrected chi connectivity index (χ1v) is 5.39. The number of rotatable bonds is 5. The van der Waals surface area contributed by atoms with Crippen molar-refractivity contribution in [3.05, 3.63) is 0 Å². The molecule has 5 heteroatoms. The fraction of sp³-hybridized carbons (Fsp3) is 0.900. The topological polar surface area (TPSA) is 70.6 Å². The molecule has 0 aromatic heterocycles. The second-order valence-electron chi connectivity index (χ2n) is 3.90. The van der Waals surface area contributed by atoms with E-state index in [1.54, 1.807) is 0 Å². The van der Waals surface area contributed by atoms with Crippen molar-refractivity contribution in [2.75, 3.05) is 33.4 Å². The third-order valence-electron chi connectivity index (χ3n) is 2.54. The molecule has 15 heavy (non-hydrogen) atoms. The normalized spacial score (nSPS) is 23.5. The number of aliphatic hydroxyl groups is 1. The molecule has 1 unspecified atom stereocenters. The van der Waals surface area contributed by atoms with Crippen LogP contribution in [0.1, 0.15) is 12.8 Å². The van der Waals surface area contributed by atoms with Crippen molar-refractivity contribution in [2.24, 2.45) is 5.92 Å². The first-order chi connectivity index (χ1) is 7.24. The zero-order chi connectivity index (χ0) is 11.1. The van der Waals surface area contributed by atoms with E-state index in [0.717, 1.165) is 25.9 Å². The zero-order valence-corrected chi connectivity index (χ0v) is 9.16. The van der Waals surface area contributed by atoms with Crippen LogP contribution in [0.3, 0.4) is 0 Å². The molecule has 1 amide bonds. The van der Waals surface area contributed by atoms with E-state index in [4.69, 9.17) is 4.74 Å². The molecule has 0 bridgehead atoms. The van der Waals surface area contributed by atoms with Crippen molar-refractivity contribution < 1.29 is 14.6 Å². The third-order valence-corrected chi connectivity index (χ3v) is 2.54. The Bertz CT molecular complexity index is 193. The molecule has 0 aromatic carbocycles. The molecule has 3 N–H and O–H groups in total. The second-order valence-corrected chi connectivity index (χ2v) is 3.90. The van der Waals surface area contributed by atoms with Gasteiger partial charge in [-0.1, -0.05) is 0 Å². The van der Waals surface area contributed by atoms with Crippen LogP contribution in [0.5, 0.6) is 0 Å². The van der Waals surface area contributed by atoms with Gasteiger partial charge in [-0.05, 0) is 19.4 Å². The average molecular weight is 216 g/mol. The second kappa shape index (κ2) is 6.76. The summed E-state index contributed by atoms with van der Waals surface area (Å²) in [6.07, 6.45) is 1.35. The zero-order valence-electron chi connectivity index (χ0n) is 9.16. The average Bonchev–Trinajstić information content (AvgIpc) is 2.27. The predicted octanol–water partition coefficient (Wildman–Crippen LogP) is -0.890. The minimum absolute atomic E-state index is 0.0253. The Balaban J connectivity index is 2.16. The quantitative estimate of drug-likeness (QED) is 0.557. The molecule has 88 valence electrons. The van der Waals surface area contributed by atoms with E-state index < -0.39 is 6.10 Å². The Kier molecular flexibility index (Phi) is 5.60. The molecule has 0 aliphatic carbocycles. The van der Waals surface area contributed by atoms with Gasteiger partial charge in [-0.3, -0.25) is 4.79 Å². The summed E-state index contributed by atoms with van der Waals surface area (Å²) in [5, 5.41) is 15.2. The summed E-state index contributed by atoms with van der Waals surface area (Å²) in [5.74, 6) is 0.0749. The minimum Gasteiger partial charge on any atom is -0.389 e. The van der Waals surface area contributed by atoms with Crippen LogP contribution in [0.25, 0.3) is 0 Å². The van der Waals surface area contributed by atoms with Crippen molar-refractivity contribution in [1.29, 1.82) is 0 Å². The summed E-state index contributed by atoms with van der Waals surface area (Å²) in [6, 6.07) is 0. The summed E-state index contributed by atoms with van der Waals surface area (Å²) in [5.41, 5.74) is 0. The molecule has 0 radical (unpaired) electrons. The van der Waals surface area contributed by atoms with Crippen LogP contribution in [-0.4, -0.2) is 50.5 Å². The highest BCUT2D eigenvalue weighted by Crippen LogP contribution is 2.09. The maximum absolute atomic E-state index is 11.6. The maximum Gasteiger partial charge on any atom is 0.224 e. The number of aliphatic hydroxyl groups excluding tert-OH is 1. The van der Waals surface area contributed by atoms with E-state index in [9.17, 15) is 9.90 Å². The Morgan fingerprint density at radius 2 is 2.53 bits per heavy atom. The number of carbonyl (C=O) groups is 1. The molecule has 1 aliphatic rings. The van der Waals surface area contributed by atoms with Gasteiger partial charge >= 0.3 is 0 Å². The number of amides is 1. The molecular formula is C10H20N2O3. The number of hydrogen-bond donors (Lipinski definition) is 3. The van der Waals surface area contributed by atoms with Crippen molar-refractivity contribution >= 4 is 5.91 Å². The summed E-state index contributed by atoms with van der Waals surface area (Å²) >= 11 is 0. The van der Waals surface area contributed by atoms with Crippen molar-refractivity contribution in [3.8, 4) is 0 Å². The molecular weight excluding hydrogens is 196 g/mol. The largest absolute Gasteiger partial charge is 0.389 e. The summed E-state index contributed by atoms with van der Waals surface area (Å²) in [7, 11) is 1.52. The minimum atomic E-state index is -0.615. The predicted molar refractivity (Wildman–Crippen MR) is 56.5 cm³/mol. The molecule has 1 aliphatic heterocycles. The lowest BCUT2D eigenvalue weighted by molar-refractivity contribution is -0.126. The van der Waals surface area contributed by atoms with E-state index in [1.165, 1.54) is 7.11 Å². The molecule has 1 heterocycles. The molecule has 0 aromatic rings. The van der Waals surface area contributed by atoms with Gasteiger partial charge in [0.15, 0.2) is 0 Å². The number of methoxy groups -OCH3 is 1. The van der Waals surface area contributed by atoms with Crippen LogP contribution in [-0.2, 0) is 9.53 Å². The summed E-state index contributed by atoms with van der Waals surface area (Å²) in [4.78, 5) is 11.6. The highest BCUT2D eigenvalue weighted by Gasteiger charge is 2.20. The van der Waals surface area contributed by atoms with Gasteiger partial charge in [0, 0.05) is 20.2 Å². The molecule has 2 atom stereocenters. The van der Waals surface area contributed by atoms with Gasteiger partial charge in [0.05, 0.1) is 18.6 Å². The van der Waals surface area contributed by atoms with Gasteiger partial charge in [0.2, 0.25) is 5.91 Å². The maximum atomic E-state index is 11.6. The van der Waals surface area contributed by atoms with Crippen LogP contribution in [0.15, 0.2) is 0 Å².